The van der Waals surface area contributed by atoms with Crippen molar-refractivity contribution in [1.82, 2.24) is 35.7 Å². The zero-order valence-electron chi connectivity index (χ0n) is 15.2. The van der Waals surface area contributed by atoms with E-state index < -0.39 is 5.91 Å². The van der Waals surface area contributed by atoms with Crippen LogP contribution in [0.3, 0.4) is 0 Å². The predicted octanol–water partition coefficient (Wildman–Crippen LogP) is 1.45. The van der Waals surface area contributed by atoms with E-state index >= 15 is 0 Å². The number of hydrogen-bond acceptors (Lipinski definition) is 9. The molecule has 0 unspecified atom stereocenters. The summed E-state index contributed by atoms with van der Waals surface area (Å²) in [5.74, 6) is -0.524. The predicted molar refractivity (Wildman–Crippen MR) is 103 cm³/mol. The molecule has 0 spiro atoms. The average molecular weight is 389 g/mol. The highest BCUT2D eigenvalue weighted by atomic mass is 16.6. The van der Waals surface area contributed by atoms with Crippen LogP contribution in [-0.2, 0) is 0 Å². The number of rotatable bonds is 5. The number of hydrogen-bond donors (Lipinski definition) is 2. The van der Waals surface area contributed by atoms with Gasteiger partial charge in [-0.1, -0.05) is 35.5 Å². The number of amides is 1. The summed E-state index contributed by atoms with van der Waals surface area (Å²) in [5, 5.41) is 19.5. The lowest BCUT2D eigenvalue weighted by atomic mass is 10.1. The molecule has 11 nitrogen and oxygen atoms in total. The van der Waals surface area contributed by atoms with Crippen molar-refractivity contribution in [3.63, 3.8) is 0 Å². The van der Waals surface area contributed by atoms with Crippen LogP contribution in [-0.4, -0.2) is 41.9 Å². The summed E-state index contributed by atoms with van der Waals surface area (Å²) in [6, 6.07) is 12.7. The number of carbonyl (C=O) groups excluding carboxylic acids is 1. The molecule has 4 aromatic rings. The van der Waals surface area contributed by atoms with Crippen LogP contribution in [0.25, 0.3) is 17.1 Å². The maximum Gasteiger partial charge on any atom is 0.292 e. The van der Waals surface area contributed by atoms with Crippen molar-refractivity contribution in [3.8, 4) is 17.1 Å². The van der Waals surface area contributed by atoms with Crippen LogP contribution in [0, 0.1) is 0 Å². The average Bonchev–Trinajstić information content (AvgIpc) is 3.39. The second-order valence-electron chi connectivity index (χ2n) is 5.91. The number of nitrogen functional groups attached to an aromatic ring is 1. The summed E-state index contributed by atoms with van der Waals surface area (Å²) in [4.78, 5) is 17.0. The van der Waals surface area contributed by atoms with E-state index in [1.165, 1.54) is 4.68 Å². The molecule has 0 bridgehead atoms. The number of aromatic nitrogens is 6. The second kappa shape index (κ2) is 7.68. The molecule has 4 rings (SSSR count). The van der Waals surface area contributed by atoms with Gasteiger partial charge in [0.2, 0.25) is 11.6 Å². The molecule has 3 aromatic heterocycles. The van der Waals surface area contributed by atoms with Crippen LogP contribution < -0.4 is 11.2 Å². The van der Waals surface area contributed by atoms with Crippen molar-refractivity contribution in [2.45, 2.75) is 6.92 Å². The van der Waals surface area contributed by atoms with Crippen LogP contribution in [0.4, 0.5) is 5.82 Å². The first-order chi connectivity index (χ1) is 14.1. The molecule has 3 heterocycles. The van der Waals surface area contributed by atoms with Crippen molar-refractivity contribution in [2.75, 3.05) is 5.73 Å². The minimum atomic E-state index is -0.551. The summed E-state index contributed by atoms with van der Waals surface area (Å²) in [5.41, 5.74) is 10.8. The molecule has 0 atom stereocenters. The lowest BCUT2D eigenvalue weighted by molar-refractivity contribution is 0.0947. The molecule has 1 aromatic carbocycles. The molecule has 0 aliphatic rings. The Labute approximate surface area is 164 Å². The molecule has 0 aliphatic carbocycles. The van der Waals surface area contributed by atoms with Gasteiger partial charge in [-0.25, -0.2) is 10.1 Å². The van der Waals surface area contributed by atoms with Gasteiger partial charge in [-0.15, -0.1) is 5.10 Å². The van der Waals surface area contributed by atoms with Gasteiger partial charge in [-0.05, 0) is 29.4 Å². The molecule has 144 valence electrons. The normalized spacial score (nSPS) is 11.4. The fourth-order valence-electron chi connectivity index (χ4n) is 2.61. The summed E-state index contributed by atoms with van der Waals surface area (Å²) in [7, 11) is 0. The molecular weight excluding hydrogens is 374 g/mol. The van der Waals surface area contributed by atoms with Gasteiger partial charge in [-0.2, -0.15) is 9.78 Å². The molecular formula is C18H15N9O2. The largest absolute Gasteiger partial charge is 0.378 e. The third-order valence-electron chi connectivity index (χ3n) is 4.05. The van der Waals surface area contributed by atoms with Crippen LogP contribution >= 0.6 is 0 Å². The number of carbonyl (C=O) groups is 1. The molecule has 0 radical (unpaired) electrons. The van der Waals surface area contributed by atoms with E-state index in [0.29, 0.717) is 17.0 Å². The van der Waals surface area contributed by atoms with Crippen LogP contribution in [0.2, 0.25) is 0 Å². The van der Waals surface area contributed by atoms with Crippen molar-refractivity contribution < 1.29 is 9.42 Å². The lowest BCUT2D eigenvalue weighted by Gasteiger charge is -2.06. The highest BCUT2D eigenvalue weighted by Gasteiger charge is 2.25. The smallest absolute Gasteiger partial charge is 0.292 e. The van der Waals surface area contributed by atoms with E-state index in [1.54, 1.807) is 43.6 Å². The highest BCUT2D eigenvalue weighted by Crippen LogP contribution is 2.24. The van der Waals surface area contributed by atoms with Gasteiger partial charge in [0.25, 0.3) is 5.91 Å². The minimum absolute atomic E-state index is 0.0278. The molecule has 0 saturated carbocycles. The van der Waals surface area contributed by atoms with E-state index in [2.05, 4.69) is 40.8 Å². The van der Waals surface area contributed by atoms with Gasteiger partial charge in [0, 0.05) is 23.5 Å². The van der Waals surface area contributed by atoms with Crippen molar-refractivity contribution in [2.24, 2.45) is 5.10 Å². The number of nitrogens with two attached hydrogens (primary N) is 1. The van der Waals surface area contributed by atoms with Gasteiger partial charge in [0.05, 0.1) is 5.71 Å². The zero-order valence-corrected chi connectivity index (χ0v) is 15.2. The Morgan fingerprint density at radius 1 is 1.14 bits per heavy atom. The number of pyridine rings is 1. The van der Waals surface area contributed by atoms with Gasteiger partial charge in [0.15, 0.2) is 5.69 Å². The Morgan fingerprint density at radius 3 is 2.59 bits per heavy atom. The SMILES string of the molecule is C/C(=N\NC(=O)c1c(-c2ccccc2)nnn1-c1nonc1N)c1ccncc1. The minimum Gasteiger partial charge on any atom is -0.378 e. The number of hydrazone groups is 1. The molecule has 29 heavy (non-hydrogen) atoms. The van der Waals surface area contributed by atoms with Gasteiger partial charge < -0.3 is 5.73 Å². The van der Waals surface area contributed by atoms with E-state index in [4.69, 9.17) is 5.73 Å². The first-order valence-corrected chi connectivity index (χ1v) is 8.49. The van der Waals surface area contributed by atoms with Gasteiger partial charge in [-0.3, -0.25) is 9.78 Å². The maximum absolute atomic E-state index is 13.0. The second-order valence-corrected chi connectivity index (χ2v) is 5.91. The van der Waals surface area contributed by atoms with Gasteiger partial charge in [0.1, 0.15) is 5.69 Å². The fraction of sp³-hybridized carbons (Fsp3) is 0.0556. The van der Waals surface area contributed by atoms with E-state index in [9.17, 15) is 4.79 Å². The van der Waals surface area contributed by atoms with E-state index in [0.717, 1.165) is 5.56 Å². The highest BCUT2D eigenvalue weighted by molar-refractivity contribution is 6.02. The first-order valence-electron chi connectivity index (χ1n) is 8.49. The lowest BCUT2D eigenvalue weighted by Crippen LogP contribution is -2.23. The topological polar surface area (TPSA) is 150 Å². The standard InChI is InChI=1S/C18H15N9O2/c1-11(12-7-9-20-10-8-12)21-23-18(28)15-14(13-5-3-2-4-6-13)22-26-27(15)17-16(19)24-29-25-17/h2-10H,1H3,(H2,19,24)(H,23,28)/b21-11+. The van der Waals surface area contributed by atoms with E-state index in [-0.39, 0.29) is 17.3 Å². The number of benzene rings is 1. The molecule has 0 aliphatic heterocycles. The molecule has 0 saturated heterocycles. The Bertz CT molecular complexity index is 1170. The van der Waals surface area contributed by atoms with Crippen LogP contribution in [0.1, 0.15) is 23.0 Å². The third-order valence-corrected chi connectivity index (χ3v) is 4.05. The van der Waals surface area contributed by atoms with Gasteiger partial charge >= 0.3 is 0 Å². The van der Waals surface area contributed by atoms with Crippen LogP contribution in [0.15, 0.2) is 64.6 Å². The van der Waals surface area contributed by atoms with Crippen molar-refractivity contribution >= 4 is 17.4 Å². The zero-order chi connectivity index (χ0) is 20.2. The summed E-state index contributed by atoms with van der Waals surface area (Å²) < 4.78 is 5.79. The summed E-state index contributed by atoms with van der Waals surface area (Å²) in [6.07, 6.45) is 3.28. The number of nitrogens with zero attached hydrogens (tertiary/aromatic N) is 7. The first kappa shape index (κ1) is 18.0. The molecule has 0 fully saturated rings. The Balaban J connectivity index is 1.74. The molecule has 11 heteroatoms. The van der Waals surface area contributed by atoms with Crippen molar-refractivity contribution in [3.05, 3.63) is 66.1 Å². The Kier molecular flexibility index (Phi) is 4.76. The van der Waals surface area contributed by atoms with E-state index in [1.807, 2.05) is 18.2 Å². The number of anilines is 1. The molecule has 1 amide bonds. The third kappa shape index (κ3) is 3.56. The summed E-state index contributed by atoms with van der Waals surface area (Å²) >= 11 is 0. The fourth-order valence-corrected chi connectivity index (χ4v) is 2.61. The number of nitrogens with one attached hydrogen (secondary N) is 1. The van der Waals surface area contributed by atoms with Crippen molar-refractivity contribution in [1.29, 1.82) is 0 Å². The Morgan fingerprint density at radius 2 is 1.90 bits per heavy atom. The quantitative estimate of drug-likeness (QED) is 0.384. The molecule has 3 N–H and O–H groups in total. The maximum atomic E-state index is 13.0. The Hall–Kier alpha value is -4.41. The van der Waals surface area contributed by atoms with Crippen LogP contribution in [0.5, 0.6) is 0 Å². The monoisotopic (exact) mass is 389 g/mol. The summed E-state index contributed by atoms with van der Waals surface area (Å²) in [6.45, 7) is 1.77.